The number of anilines is 1. The maximum Gasteiger partial charge on any atom is 0.416 e. The van der Waals surface area contributed by atoms with Crippen molar-refractivity contribution in [1.82, 2.24) is 0 Å². The molecule has 1 amide bonds. The first-order valence-corrected chi connectivity index (χ1v) is 7.93. The summed E-state index contributed by atoms with van der Waals surface area (Å²) in [7, 11) is 0. The monoisotopic (exact) mass is 346 g/mol. The first-order valence-electron chi connectivity index (χ1n) is 7.93. The molecule has 0 radical (unpaired) electrons. The minimum atomic E-state index is -4.47. The number of hydrogen-bond donors (Lipinski definition) is 1. The molecule has 0 spiro atoms. The molecule has 2 aromatic carbocycles. The van der Waals surface area contributed by atoms with Crippen LogP contribution in [0.4, 0.5) is 18.9 Å². The van der Waals surface area contributed by atoms with Crippen LogP contribution in [0.15, 0.2) is 53.5 Å². The molecule has 1 aliphatic heterocycles. The zero-order valence-corrected chi connectivity index (χ0v) is 13.8. The van der Waals surface area contributed by atoms with Crippen LogP contribution in [0.2, 0.25) is 0 Å². The summed E-state index contributed by atoms with van der Waals surface area (Å²) in [4.78, 5) is 17.0. The van der Waals surface area contributed by atoms with Crippen molar-refractivity contribution < 1.29 is 18.0 Å². The van der Waals surface area contributed by atoms with Gasteiger partial charge in [0.15, 0.2) is 0 Å². The highest BCUT2D eigenvalue weighted by atomic mass is 19.4. The van der Waals surface area contributed by atoms with Gasteiger partial charge in [-0.15, -0.1) is 0 Å². The molecule has 1 atom stereocenters. The molecule has 0 unspecified atom stereocenters. The van der Waals surface area contributed by atoms with Gasteiger partial charge in [0.1, 0.15) is 6.04 Å². The number of benzene rings is 2. The number of aliphatic imine (C=N–C) groups is 1. The Morgan fingerprint density at radius 2 is 1.76 bits per heavy atom. The minimum absolute atomic E-state index is 0.0879. The highest BCUT2D eigenvalue weighted by Crippen LogP contribution is 2.34. The molecule has 0 aliphatic carbocycles. The number of benzodiazepines with no additional fused rings is 1. The van der Waals surface area contributed by atoms with Crippen LogP contribution in [0.25, 0.3) is 0 Å². The standard InChI is InChI=1S/C19H17F3N2O/c1-11(2)16-18(25)23-15-9-8-13(19(20,21)22)10-14(15)17(24-16)12-6-4-3-5-7-12/h3-11,16H,1-2H3,(H,23,25)/t16-/m0/s1. The number of alkyl halides is 3. The van der Waals surface area contributed by atoms with Gasteiger partial charge >= 0.3 is 6.18 Å². The number of carbonyl (C=O) groups excluding carboxylic acids is 1. The second kappa shape index (κ2) is 6.35. The third-order valence-corrected chi connectivity index (χ3v) is 4.08. The number of rotatable bonds is 2. The number of halogens is 3. The number of amides is 1. The van der Waals surface area contributed by atoms with Crippen LogP contribution in [0.3, 0.4) is 0 Å². The number of nitrogens with one attached hydrogen (secondary N) is 1. The van der Waals surface area contributed by atoms with E-state index in [1.54, 1.807) is 24.3 Å². The van der Waals surface area contributed by atoms with Crippen molar-refractivity contribution in [3.63, 3.8) is 0 Å². The molecule has 2 aromatic rings. The van der Waals surface area contributed by atoms with E-state index in [-0.39, 0.29) is 17.4 Å². The fourth-order valence-electron chi connectivity index (χ4n) is 2.78. The summed E-state index contributed by atoms with van der Waals surface area (Å²) < 4.78 is 39.4. The number of hydrogen-bond acceptors (Lipinski definition) is 2. The highest BCUT2D eigenvalue weighted by Gasteiger charge is 2.33. The summed E-state index contributed by atoms with van der Waals surface area (Å²) in [6, 6.07) is 11.6. The average molecular weight is 346 g/mol. The fraction of sp³-hybridized carbons (Fsp3) is 0.263. The number of carbonyl (C=O) groups is 1. The molecule has 0 fully saturated rings. The molecule has 6 heteroatoms. The number of fused-ring (bicyclic) bond motifs is 1. The predicted molar refractivity (Wildman–Crippen MR) is 90.8 cm³/mol. The van der Waals surface area contributed by atoms with Gasteiger partial charge in [0, 0.05) is 11.1 Å². The van der Waals surface area contributed by atoms with Crippen molar-refractivity contribution in [2.24, 2.45) is 10.9 Å². The molecule has 130 valence electrons. The van der Waals surface area contributed by atoms with E-state index in [9.17, 15) is 18.0 Å². The molecular weight excluding hydrogens is 329 g/mol. The topological polar surface area (TPSA) is 41.5 Å². The van der Waals surface area contributed by atoms with Gasteiger partial charge in [0.05, 0.1) is 17.0 Å². The maximum atomic E-state index is 13.1. The summed E-state index contributed by atoms with van der Waals surface area (Å²) in [5.41, 5.74) is 0.900. The van der Waals surface area contributed by atoms with Gasteiger partial charge in [0.2, 0.25) is 5.91 Å². The Bertz CT molecular complexity index is 826. The Kier molecular flexibility index (Phi) is 4.37. The first kappa shape index (κ1) is 17.2. The van der Waals surface area contributed by atoms with Crippen molar-refractivity contribution in [1.29, 1.82) is 0 Å². The number of nitrogens with zero attached hydrogens (tertiary/aromatic N) is 1. The van der Waals surface area contributed by atoms with E-state index in [1.165, 1.54) is 6.07 Å². The zero-order chi connectivity index (χ0) is 18.2. The molecule has 1 heterocycles. The maximum absolute atomic E-state index is 13.1. The van der Waals surface area contributed by atoms with E-state index in [2.05, 4.69) is 10.3 Å². The Morgan fingerprint density at radius 3 is 2.36 bits per heavy atom. The molecule has 0 aromatic heterocycles. The van der Waals surface area contributed by atoms with Gasteiger partial charge in [-0.05, 0) is 24.1 Å². The normalized spacial score (nSPS) is 17.6. The van der Waals surface area contributed by atoms with Crippen LogP contribution >= 0.6 is 0 Å². The smallest absolute Gasteiger partial charge is 0.324 e. The molecular formula is C19H17F3N2O. The van der Waals surface area contributed by atoms with Gasteiger partial charge in [-0.25, -0.2) is 0 Å². The molecule has 3 nitrogen and oxygen atoms in total. The summed E-state index contributed by atoms with van der Waals surface area (Å²) in [5, 5.41) is 2.71. The van der Waals surface area contributed by atoms with Crippen LogP contribution in [-0.2, 0) is 11.0 Å². The predicted octanol–water partition coefficient (Wildman–Crippen LogP) is 4.52. The van der Waals surface area contributed by atoms with Crippen molar-refractivity contribution in [2.75, 3.05) is 5.32 Å². The lowest BCUT2D eigenvalue weighted by atomic mass is 9.98. The Labute approximate surface area is 143 Å². The van der Waals surface area contributed by atoms with Crippen LogP contribution in [-0.4, -0.2) is 17.7 Å². The van der Waals surface area contributed by atoms with E-state index in [1.807, 2.05) is 19.9 Å². The highest BCUT2D eigenvalue weighted by molar-refractivity contribution is 6.19. The molecule has 1 N–H and O–H groups in total. The van der Waals surface area contributed by atoms with Crippen LogP contribution in [0.5, 0.6) is 0 Å². The van der Waals surface area contributed by atoms with E-state index in [0.29, 0.717) is 17.0 Å². The van der Waals surface area contributed by atoms with Crippen molar-refractivity contribution in [3.05, 3.63) is 65.2 Å². The zero-order valence-electron chi connectivity index (χ0n) is 13.8. The van der Waals surface area contributed by atoms with Gasteiger partial charge in [-0.3, -0.25) is 9.79 Å². The van der Waals surface area contributed by atoms with Gasteiger partial charge in [-0.1, -0.05) is 44.2 Å². The third-order valence-electron chi connectivity index (χ3n) is 4.08. The summed E-state index contributed by atoms with van der Waals surface area (Å²) >= 11 is 0. The molecule has 3 rings (SSSR count). The van der Waals surface area contributed by atoms with E-state index >= 15 is 0 Å². The molecule has 1 aliphatic rings. The Balaban J connectivity index is 2.24. The molecule has 25 heavy (non-hydrogen) atoms. The van der Waals surface area contributed by atoms with Crippen LogP contribution < -0.4 is 5.32 Å². The molecule has 0 saturated carbocycles. The van der Waals surface area contributed by atoms with E-state index in [0.717, 1.165) is 12.1 Å². The van der Waals surface area contributed by atoms with Crippen molar-refractivity contribution >= 4 is 17.3 Å². The quantitative estimate of drug-likeness (QED) is 0.853. The Morgan fingerprint density at radius 1 is 1.08 bits per heavy atom. The lowest BCUT2D eigenvalue weighted by Crippen LogP contribution is -2.30. The lowest BCUT2D eigenvalue weighted by Gasteiger charge is -2.14. The van der Waals surface area contributed by atoms with Gasteiger partial charge in [-0.2, -0.15) is 13.2 Å². The van der Waals surface area contributed by atoms with Crippen molar-refractivity contribution in [3.8, 4) is 0 Å². The molecule has 0 saturated heterocycles. The fourth-order valence-corrected chi connectivity index (χ4v) is 2.78. The van der Waals surface area contributed by atoms with Crippen LogP contribution in [0.1, 0.15) is 30.5 Å². The van der Waals surface area contributed by atoms with Gasteiger partial charge in [0.25, 0.3) is 0 Å². The summed E-state index contributed by atoms with van der Waals surface area (Å²) in [5.74, 6) is -0.406. The van der Waals surface area contributed by atoms with E-state index < -0.39 is 17.8 Å². The largest absolute Gasteiger partial charge is 0.416 e. The van der Waals surface area contributed by atoms with Crippen LogP contribution in [0, 0.1) is 5.92 Å². The second-order valence-electron chi connectivity index (χ2n) is 6.28. The van der Waals surface area contributed by atoms with Crippen molar-refractivity contribution in [2.45, 2.75) is 26.1 Å². The first-order chi connectivity index (χ1) is 11.8. The summed E-state index contributed by atoms with van der Waals surface area (Å²) in [6.45, 7) is 3.71. The SMILES string of the molecule is CC(C)[C@@H]1N=C(c2ccccc2)c2cc(C(F)(F)F)ccc2NC1=O. The lowest BCUT2D eigenvalue weighted by molar-refractivity contribution is -0.137. The molecule has 0 bridgehead atoms. The minimum Gasteiger partial charge on any atom is -0.324 e. The third kappa shape index (κ3) is 3.43. The second-order valence-corrected chi connectivity index (χ2v) is 6.28. The Hall–Kier alpha value is -2.63. The summed E-state index contributed by atoms with van der Waals surface area (Å²) in [6.07, 6.45) is -4.47. The average Bonchev–Trinajstić information content (AvgIpc) is 2.70. The van der Waals surface area contributed by atoms with E-state index in [4.69, 9.17) is 0 Å². The van der Waals surface area contributed by atoms with Gasteiger partial charge < -0.3 is 5.32 Å².